The Labute approximate surface area is 170 Å². The maximum Gasteiger partial charge on any atom is 0.232 e. The van der Waals surface area contributed by atoms with Gasteiger partial charge < -0.3 is 9.47 Å². The quantitative estimate of drug-likeness (QED) is 0.545. The fraction of sp³-hybridized carbons (Fsp3) is 0.286. The molecule has 1 atom stereocenters. The van der Waals surface area contributed by atoms with Crippen LogP contribution in [0.25, 0.3) is 31.8 Å². The van der Waals surface area contributed by atoms with Gasteiger partial charge in [0.05, 0.1) is 34.6 Å². The number of halogens is 1. The smallest absolute Gasteiger partial charge is 0.232 e. The molecule has 0 fully saturated rings. The molecule has 0 amide bonds. The van der Waals surface area contributed by atoms with E-state index in [0.717, 1.165) is 37.4 Å². The molecule has 0 saturated heterocycles. The Hall–Kier alpha value is -2.84. The van der Waals surface area contributed by atoms with Crippen molar-refractivity contribution in [1.82, 2.24) is 20.3 Å². The number of methoxy groups -OCH3 is 1. The molecule has 4 aromatic rings. The molecular weight excluding hydrogens is 391 g/mol. The molecule has 5 rings (SSSR count). The van der Waals surface area contributed by atoms with Crippen molar-refractivity contribution in [1.29, 1.82) is 0 Å². The monoisotopic (exact) mass is 410 g/mol. The number of aromatic nitrogens is 3. The van der Waals surface area contributed by atoms with Gasteiger partial charge >= 0.3 is 0 Å². The SMILES string of the molecule is CN[C@]1(C)Cc2c(c(F)cc3nc(-c4cc(C)cc5nc(OC)cnc45)sc23)O1. The van der Waals surface area contributed by atoms with Gasteiger partial charge in [0.15, 0.2) is 17.3 Å². The molecule has 0 aliphatic carbocycles. The lowest BCUT2D eigenvalue weighted by Gasteiger charge is -2.22. The molecule has 1 aliphatic heterocycles. The van der Waals surface area contributed by atoms with Crippen molar-refractivity contribution in [2.45, 2.75) is 26.0 Å². The van der Waals surface area contributed by atoms with Gasteiger partial charge in [0.2, 0.25) is 5.88 Å². The molecule has 0 unspecified atom stereocenters. The molecule has 2 aromatic heterocycles. The summed E-state index contributed by atoms with van der Waals surface area (Å²) >= 11 is 1.52. The van der Waals surface area contributed by atoms with Crippen LogP contribution in [0.15, 0.2) is 24.4 Å². The van der Waals surface area contributed by atoms with Gasteiger partial charge in [-0.2, -0.15) is 0 Å². The summed E-state index contributed by atoms with van der Waals surface area (Å²) in [7, 11) is 3.38. The highest BCUT2D eigenvalue weighted by molar-refractivity contribution is 7.22. The van der Waals surface area contributed by atoms with E-state index in [1.54, 1.807) is 13.3 Å². The number of aryl methyl sites for hydroxylation is 1. The van der Waals surface area contributed by atoms with Crippen LogP contribution in [0.5, 0.6) is 11.6 Å². The van der Waals surface area contributed by atoms with Gasteiger partial charge in [0.25, 0.3) is 0 Å². The van der Waals surface area contributed by atoms with Crippen molar-refractivity contribution >= 4 is 32.6 Å². The van der Waals surface area contributed by atoms with Crippen LogP contribution in [0, 0.1) is 12.7 Å². The first-order valence-corrected chi connectivity index (χ1v) is 10.0. The van der Waals surface area contributed by atoms with Crippen molar-refractivity contribution in [3.63, 3.8) is 0 Å². The Morgan fingerprint density at radius 1 is 1.24 bits per heavy atom. The predicted octanol–water partition coefficient (Wildman–Crippen LogP) is 4.23. The van der Waals surface area contributed by atoms with Crippen molar-refractivity contribution in [2.24, 2.45) is 0 Å². The molecule has 8 heteroatoms. The highest BCUT2D eigenvalue weighted by Crippen LogP contribution is 2.44. The van der Waals surface area contributed by atoms with Crippen LogP contribution in [0.3, 0.4) is 0 Å². The summed E-state index contributed by atoms with van der Waals surface area (Å²) in [6, 6.07) is 5.44. The standard InChI is InChI=1S/C21H19FN4O2S/c1-10-5-11(17-14(6-10)25-16(27-4)9-24-17)20-26-15-7-13(22)18-12(19(15)29-20)8-21(2,23-3)28-18/h5-7,9,23H,8H2,1-4H3/t21-/m0/s1. The highest BCUT2D eigenvalue weighted by atomic mass is 32.1. The summed E-state index contributed by atoms with van der Waals surface area (Å²) in [5.41, 5.74) is 4.24. The Morgan fingerprint density at radius 2 is 2.07 bits per heavy atom. The average molecular weight is 410 g/mol. The summed E-state index contributed by atoms with van der Waals surface area (Å²) in [6.07, 6.45) is 2.17. The zero-order valence-electron chi connectivity index (χ0n) is 16.5. The van der Waals surface area contributed by atoms with E-state index in [9.17, 15) is 4.39 Å². The second kappa shape index (κ2) is 6.33. The number of nitrogens with zero attached hydrogens (tertiary/aromatic N) is 3. The van der Waals surface area contributed by atoms with Crippen molar-refractivity contribution in [2.75, 3.05) is 14.2 Å². The van der Waals surface area contributed by atoms with Crippen LogP contribution in [0.1, 0.15) is 18.1 Å². The molecule has 0 saturated carbocycles. The van der Waals surface area contributed by atoms with Gasteiger partial charge in [-0.3, -0.25) is 5.32 Å². The lowest BCUT2D eigenvalue weighted by molar-refractivity contribution is 0.0820. The fourth-order valence-corrected chi connectivity index (χ4v) is 4.81. The normalized spacial score (nSPS) is 18.2. The summed E-state index contributed by atoms with van der Waals surface area (Å²) in [5, 5.41) is 3.90. The summed E-state index contributed by atoms with van der Waals surface area (Å²) < 4.78 is 26.7. The maximum absolute atomic E-state index is 14.7. The Bertz CT molecular complexity index is 1290. The predicted molar refractivity (Wildman–Crippen MR) is 111 cm³/mol. The van der Waals surface area contributed by atoms with Crippen LogP contribution in [-0.4, -0.2) is 34.8 Å². The van der Waals surface area contributed by atoms with E-state index in [1.807, 2.05) is 33.0 Å². The number of ether oxygens (including phenoxy) is 2. The first kappa shape index (κ1) is 18.2. The van der Waals surface area contributed by atoms with Crippen LogP contribution >= 0.6 is 11.3 Å². The van der Waals surface area contributed by atoms with Gasteiger partial charge in [-0.15, -0.1) is 11.3 Å². The van der Waals surface area contributed by atoms with Gasteiger partial charge in [0.1, 0.15) is 5.01 Å². The van der Waals surface area contributed by atoms with E-state index in [0.29, 0.717) is 23.6 Å². The van der Waals surface area contributed by atoms with Crippen molar-refractivity contribution < 1.29 is 13.9 Å². The van der Waals surface area contributed by atoms with E-state index in [2.05, 4.69) is 15.3 Å². The van der Waals surface area contributed by atoms with Gasteiger partial charge in [0, 0.05) is 23.6 Å². The molecule has 1 aliphatic rings. The topological polar surface area (TPSA) is 69.2 Å². The van der Waals surface area contributed by atoms with Crippen LogP contribution in [-0.2, 0) is 6.42 Å². The zero-order valence-corrected chi connectivity index (χ0v) is 17.3. The third kappa shape index (κ3) is 2.82. The van der Waals surface area contributed by atoms with Crippen molar-refractivity contribution in [3.8, 4) is 22.2 Å². The highest BCUT2D eigenvalue weighted by Gasteiger charge is 2.37. The van der Waals surface area contributed by atoms with Gasteiger partial charge in [-0.1, -0.05) is 0 Å². The first-order valence-electron chi connectivity index (χ1n) is 9.22. The van der Waals surface area contributed by atoms with E-state index < -0.39 is 5.72 Å². The van der Waals surface area contributed by atoms with Gasteiger partial charge in [-0.05, 0) is 38.6 Å². The maximum atomic E-state index is 14.7. The third-order valence-electron chi connectivity index (χ3n) is 5.26. The molecule has 0 spiro atoms. The summed E-state index contributed by atoms with van der Waals surface area (Å²) in [4.78, 5) is 13.8. The number of benzene rings is 2. The van der Waals surface area contributed by atoms with Crippen molar-refractivity contribution in [3.05, 3.63) is 41.3 Å². The molecule has 0 radical (unpaired) electrons. The summed E-state index contributed by atoms with van der Waals surface area (Å²) in [5.74, 6) is 0.381. The number of rotatable bonds is 3. The molecular formula is C21H19FN4O2S. The number of fused-ring (bicyclic) bond motifs is 4. The minimum absolute atomic E-state index is 0.308. The second-order valence-electron chi connectivity index (χ2n) is 7.39. The third-order valence-corrected chi connectivity index (χ3v) is 6.42. The lowest BCUT2D eigenvalue weighted by Crippen LogP contribution is -2.44. The number of hydrogen-bond acceptors (Lipinski definition) is 7. The van der Waals surface area contributed by atoms with Crippen LogP contribution in [0.4, 0.5) is 4.39 Å². The zero-order chi connectivity index (χ0) is 20.3. The molecule has 148 valence electrons. The summed E-state index contributed by atoms with van der Waals surface area (Å²) in [6.45, 7) is 3.91. The van der Waals surface area contributed by atoms with Gasteiger partial charge in [-0.25, -0.2) is 19.3 Å². The molecule has 6 nitrogen and oxygen atoms in total. The number of likely N-dealkylation sites (N-methyl/N-ethyl adjacent to an activating group) is 1. The lowest BCUT2D eigenvalue weighted by atomic mass is 10.1. The molecule has 0 bridgehead atoms. The number of hydrogen-bond donors (Lipinski definition) is 1. The second-order valence-corrected chi connectivity index (χ2v) is 8.38. The number of thiazole rings is 1. The molecule has 2 aromatic carbocycles. The first-order chi connectivity index (χ1) is 13.9. The fourth-order valence-electron chi connectivity index (χ4n) is 3.71. The van der Waals surface area contributed by atoms with Crippen LogP contribution < -0.4 is 14.8 Å². The van der Waals surface area contributed by atoms with E-state index in [1.165, 1.54) is 17.4 Å². The van der Waals surface area contributed by atoms with Crippen LogP contribution in [0.2, 0.25) is 0 Å². The largest absolute Gasteiger partial charge is 0.480 e. The number of nitrogens with one attached hydrogen (secondary N) is 1. The Balaban J connectivity index is 1.73. The molecule has 29 heavy (non-hydrogen) atoms. The van der Waals surface area contributed by atoms with E-state index in [4.69, 9.17) is 14.5 Å². The molecule has 1 N–H and O–H groups in total. The van der Waals surface area contributed by atoms with E-state index >= 15 is 0 Å². The Kier molecular flexibility index (Phi) is 3.97. The average Bonchev–Trinajstić information content (AvgIpc) is 3.28. The Morgan fingerprint density at radius 3 is 2.83 bits per heavy atom. The minimum Gasteiger partial charge on any atom is -0.480 e. The minimum atomic E-state index is -0.625. The van der Waals surface area contributed by atoms with E-state index in [-0.39, 0.29) is 5.82 Å². The molecule has 3 heterocycles.